The van der Waals surface area contributed by atoms with Crippen molar-refractivity contribution in [3.8, 4) is 66.8 Å². The van der Waals surface area contributed by atoms with Crippen LogP contribution in [0.25, 0.3) is 111 Å². The van der Waals surface area contributed by atoms with E-state index in [0.29, 0.717) is 22.3 Å². The molecule has 2 nitrogen and oxygen atoms in total. The van der Waals surface area contributed by atoms with E-state index in [0.717, 1.165) is 77.2 Å². The normalized spacial score (nSPS) is 14.1. The van der Waals surface area contributed by atoms with Crippen molar-refractivity contribution in [1.29, 1.82) is 0 Å². The molecule has 9 aromatic carbocycles. The number of fused-ring (bicyclic) bond motifs is 7. The van der Waals surface area contributed by atoms with Crippen LogP contribution < -0.4 is 0 Å². The Labute approximate surface area is 338 Å². The molecule has 0 N–H and O–H groups in total. The van der Waals surface area contributed by atoms with Crippen molar-refractivity contribution in [2.45, 2.75) is 0 Å². The summed E-state index contributed by atoms with van der Waals surface area (Å²) >= 11 is 0. The SMILES string of the molecule is [2H]c1c([2H])c([2H])c(-c2cccc(-c3cccc(-c4ccc5oc6c(ccc7c8cc(-c9cccc(-c%10cccc(-c%11c([2H])c([2H])c([2H])c([2H])c%11[2H])c%10)c9)ccc8oc76)c5c4)c3)c2)c([2H])c1[2H]. The highest BCUT2D eigenvalue weighted by atomic mass is 16.4. The lowest BCUT2D eigenvalue weighted by atomic mass is 9.95. The highest BCUT2D eigenvalue weighted by molar-refractivity contribution is 6.19. The summed E-state index contributed by atoms with van der Waals surface area (Å²) in [6.45, 7) is 0. The zero-order valence-electron chi connectivity index (χ0n) is 39.7. The number of furan rings is 2. The fraction of sp³-hybridized carbons (Fsp3) is 0. The Kier molecular flexibility index (Phi) is 5.49. The Bertz CT molecular complexity index is 3540. The minimum atomic E-state index is -0.419. The van der Waals surface area contributed by atoms with Crippen molar-refractivity contribution in [3.63, 3.8) is 0 Å². The summed E-state index contributed by atoms with van der Waals surface area (Å²) in [6.07, 6.45) is 0. The smallest absolute Gasteiger partial charge is 0.178 e. The molecular formula is C54H34O2. The summed E-state index contributed by atoms with van der Waals surface area (Å²) < 4.78 is 95.6. The van der Waals surface area contributed by atoms with E-state index in [1.54, 1.807) is 12.1 Å². The minimum Gasteiger partial charge on any atom is -0.452 e. The highest BCUT2D eigenvalue weighted by Crippen LogP contribution is 2.41. The maximum Gasteiger partial charge on any atom is 0.178 e. The van der Waals surface area contributed by atoms with Crippen LogP contribution in [0.15, 0.2) is 215 Å². The van der Waals surface area contributed by atoms with Crippen LogP contribution in [0.3, 0.4) is 0 Å². The first-order valence-corrected chi connectivity index (χ1v) is 18.2. The maximum absolute atomic E-state index is 8.49. The van der Waals surface area contributed by atoms with Crippen LogP contribution in [0.1, 0.15) is 13.7 Å². The Morgan fingerprint density at radius 2 is 0.571 bits per heavy atom. The van der Waals surface area contributed by atoms with E-state index in [2.05, 4.69) is 36.4 Å². The van der Waals surface area contributed by atoms with Crippen LogP contribution in [0.4, 0.5) is 0 Å². The van der Waals surface area contributed by atoms with E-state index in [4.69, 9.17) is 22.5 Å². The average molecular weight is 725 g/mol. The van der Waals surface area contributed by atoms with E-state index >= 15 is 0 Å². The molecule has 0 fully saturated rings. The van der Waals surface area contributed by atoms with E-state index < -0.39 is 12.1 Å². The van der Waals surface area contributed by atoms with Crippen molar-refractivity contribution < 1.29 is 22.5 Å². The van der Waals surface area contributed by atoms with Crippen molar-refractivity contribution in [1.82, 2.24) is 0 Å². The summed E-state index contributed by atoms with van der Waals surface area (Å²) in [5.41, 5.74) is 11.6. The van der Waals surface area contributed by atoms with Gasteiger partial charge in [0.25, 0.3) is 0 Å². The summed E-state index contributed by atoms with van der Waals surface area (Å²) in [5, 5.41) is 3.71. The molecule has 2 heterocycles. The van der Waals surface area contributed by atoms with E-state index in [9.17, 15) is 0 Å². The van der Waals surface area contributed by atoms with Crippen molar-refractivity contribution >= 4 is 43.9 Å². The van der Waals surface area contributed by atoms with E-state index in [1.165, 1.54) is 0 Å². The van der Waals surface area contributed by atoms with Crippen LogP contribution in [0, 0.1) is 0 Å². The van der Waals surface area contributed by atoms with Gasteiger partial charge in [0.05, 0.1) is 13.7 Å². The summed E-state index contributed by atoms with van der Waals surface area (Å²) in [4.78, 5) is 0. The molecule has 0 amide bonds. The van der Waals surface area contributed by atoms with Gasteiger partial charge >= 0.3 is 0 Å². The predicted octanol–water partition coefficient (Wildman–Crippen LogP) is 15.5. The van der Waals surface area contributed by atoms with Crippen LogP contribution >= 0.6 is 0 Å². The molecule has 56 heavy (non-hydrogen) atoms. The lowest BCUT2D eigenvalue weighted by Gasteiger charge is -2.09. The Morgan fingerprint density at radius 3 is 0.911 bits per heavy atom. The first kappa shape index (κ1) is 23.4. The molecule has 0 spiro atoms. The average Bonchev–Trinajstić information content (AvgIpc) is 3.92. The predicted molar refractivity (Wildman–Crippen MR) is 234 cm³/mol. The minimum absolute atomic E-state index is 0.166. The van der Waals surface area contributed by atoms with Gasteiger partial charge in [-0.25, -0.2) is 0 Å². The van der Waals surface area contributed by atoms with Crippen LogP contribution in [0.5, 0.6) is 0 Å². The van der Waals surface area contributed by atoms with Gasteiger partial charge in [-0.15, -0.1) is 0 Å². The molecule has 0 unspecified atom stereocenters. The molecule has 11 rings (SSSR count). The van der Waals surface area contributed by atoms with E-state index in [1.807, 2.05) is 97.1 Å². The lowest BCUT2D eigenvalue weighted by Crippen LogP contribution is -1.83. The standard InChI is InChI=1S/C54H34O2/c1-3-11-35(12-4-1)37-15-7-17-39(29-37)41-19-9-21-43(31-41)45-23-27-51-49(33-45)47-25-26-48-50-34-46(24-28-52(50)56-54(48)53(47)55-51)44-22-10-20-42(32-44)40-18-8-16-38(30-40)36-13-5-2-6-14-36/h1-34H/i1D,2D,3D,4D,5D,6D,11D,12D,13D,14D. The quantitative estimate of drug-likeness (QED) is 0.171. The van der Waals surface area contributed by atoms with Crippen LogP contribution in [-0.4, -0.2) is 0 Å². The second-order valence-electron chi connectivity index (χ2n) is 13.8. The molecule has 262 valence electrons. The molecule has 0 aliphatic rings. The Morgan fingerprint density at radius 1 is 0.268 bits per heavy atom. The number of hydrogen-bond donors (Lipinski definition) is 0. The molecule has 0 saturated heterocycles. The van der Waals surface area contributed by atoms with Crippen LogP contribution in [0.2, 0.25) is 0 Å². The molecule has 0 atom stereocenters. The van der Waals surface area contributed by atoms with E-state index in [-0.39, 0.29) is 59.5 Å². The maximum atomic E-state index is 8.49. The number of rotatable bonds is 6. The number of hydrogen-bond acceptors (Lipinski definition) is 2. The topological polar surface area (TPSA) is 26.3 Å². The molecule has 0 aliphatic heterocycles. The van der Waals surface area contributed by atoms with Gasteiger partial charge < -0.3 is 8.83 Å². The lowest BCUT2D eigenvalue weighted by molar-refractivity contribution is 0.633. The Hall–Kier alpha value is -7.42. The van der Waals surface area contributed by atoms with Gasteiger partial charge in [0.15, 0.2) is 11.2 Å². The first-order chi connectivity index (χ1) is 31.9. The monoisotopic (exact) mass is 724 g/mol. The third kappa shape index (κ3) is 5.59. The summed E-state index contributed by atoms with van der Waals surface area (Å²) in [6, 6.07) is 44.1. The van der Waals surface area contributed by atoms with Gasteiger partial charge in [0.2, 0.25) is 0 Å². The van der Waals surface area contributed by atoms with Gasteiger partial charge in [-0.2, -0.15) is 0 Å². The molecule has 0 bridgehead atoms. The van der Waals surface area contributed by atoms with Gasteiger partial charge in [-0.3, -0.25) is 0 Å². The second kappa shape index (κ2) is 13.2. The van der Waals surface area contributed by atoms with Gasteiger partial charge in [0, 0.05) is 21.5 Å². The molecule has 0 radical (unpaired) electrons. The van der Waals surface area contributed by atoms with Crippen molar-refractivity contribution in [2.75, 3.05) is 0 Å². The molecule has 0 aliphatic carbocycles. The molecule has 2 heteroatoms. The van der Waals surface area contributed by atoms with Crippen molar-refractivity contribution in [3.05, 3.63) is 206 Å². The summed E-state index contributed by atoms with van der Waals surface area (Å²) in [5.74, 6) is 0. The van der Waals surface area contributed by atoms with Gasteiger partial charge in [-0.1, -0.05) is 145 Å². The summed E-state index contributed by atoms with van der Waals surface area (Å²) in [7, 11) is 0. The first-order valence-electron chi connectivity index (χ1n) is 23.2. The van der Waals surface area contributed by atoms with Gasteiger partial charge in [-0.05, 0) is 127 Å². The zero-order chi connectivity index (χ0) is 45.7. The third-order valence-corrected chi connectivity index (χ3v) is 10.4. The largest absolute Gasteiger partial charge is 0.452 e. The molecule has 0 saturated carbocycles. The third-order valence-electron chi connectivity index (χ3n) is 10.4. The van der Waals surface area contributed by atoms with Crippen molar-refractivity contribution in [2.24, 2.45) is 0 Å². The Balaban J connectivity index is 0.924. The fourth-order valence-corrected chi connectivity index (χ4v) is 7.68. The number of benzene rings is 9. The highest BCUT2D eigenvalue weighted by Gasteiger charge is 2.17. The molecule has 11 aromatic rings. The van der Waals surface area contributed by atoms with Crippen LogP contribution in [-0.2, 0) is 0 Å². The molecule has 2 aromatic heterocycles. The fourth-order valence-electron chi connectivity index (χ4n) is 7.68. The zero-order valence-corrected chi connectivity index (χ0v) is 29.7. The van der Waals surface area contributed by atoms with Gasteiger partial charge in [0.1, 0.15) is 11.2 Å². The molecular weight excluding hydrogens is 681 g/mol. The second-order valence-corrected chi connectivity index (χ2v) is 13.8.